The molecule has 0 bridgehead atoms. The highest BCUT2D eigenvalue weighted by molar-refractivity contribution is 8.03. The van der Waals surface area contributed by atoms with Crippen molar-refractivity contribution in [2.24, 2.45) is 5.92 Å². The van der Waals surface area contributed by atoms with E-state index in [0.717, 1.165) is 23.7 Å². The molecule has 0 saturated carbocycles. The number of nitrogens with one attached hydrogen (secondary N) is 2. The molecule has 36 heavy (non-hydrogen) atoms. The number of hydrogen-bond acceptors (Lipinski definition) is 7. The third-order valence-electron chi connectivity index (χ3n) is 5.59. The predicted molar refractivity (Wildman–Crippen MR) is 139 cm³/mol. The molecule has 0 unspecified atom stereocenters. The second-order valence-corrected chi connectivity index (χ2v) is 9.23. The molecule has 0 radical (unpaired) electrons. The van der Waals surface area contributed by atoms with Gasteiger partial charge in [-0.3, -0.25) is 14.4 Å². The van der Waals surface area contributed by atoms with Gasteiger partial charge in [-0.25, -0.2) is 0 Å². The minimum absolute atomic E-state index is 0.0596. The smallest absolute Gasteiger partial charge is 0.319 e. The molecule has 2 amide bonds. The Kier molecular flexibility index (Phi) is 9.39. The Morgan fingerprint density at radius 2 is 1.92 bits per heavy atom. The maximum absolute atomic E-state index is 13.0. The lowest BCUT2D eigenvalue weighted by molar-refractivity contribution is -0.150. The van der Waals surface area contributed by atoms with Crippen LogP contribution in [0.3, 0.4) is 0 Å². The molecular formula is C26H26ClN3O5S. The number of rotatable bonds is 9. The Morgan fingerprint density at radius 3 is 2.50 bits per heavy atom. The van der Waals surface area contributed by atoms with Gasteiger partial charge < -0.3 is 20.1 Å². The highest BCUT2D eigenvalue weighted by Crippen LogP contribution is 2.42. The molecule has 10 heteroatoms. The number of amides is 2. The fourth-order valence-corrected chi connectivity index (χ4v) is 4.91. The number of benzene rings is 2. The number of thioether (sulfide) groups is 1. The molecule has 2 atom stereocenters. The van der Waals surface area contributed by atoms with Crippen LogP contribution in [0.1, 0.15) is 30.9 Å². The summed E-state index contributed by atoms with van der Waals surface area (Å²) in [6.45, 7) is 4.27. The van der Waals surface area contributed by atoms with Gasteiger partial charge in [0.1, 0.15) is 11.7 Å². The van der Waals surface area contributed by atoms with Gasteiger partial charge in [0.25, 0.3) is 0 Å². The average Bonchev–Trinajstić information content (AvgIpc) is 2.88. The van der Waals surface area contributed by atoms with Crippen LogP contribution < -0.4 is 15.4 Å². The number of carbonyl (C=O) groups is 3. The van der Waals surface area contributed by atoms with E-state index in [1.54, 1.807) is 18.2 Å². The summed E-state index contributed by atoms with van der Waals surface area (Å²) >= 11 is 7.36. The van der Waals surface area contributed by atoms with Crippen LogP contribution in [0.2, 0.25) is 5.02 Å². The first-order valence-corrected chi connectivity index (χ1v) is 12.7. The van der Waals surface area contributed by atoms with Crippen molar-refractivity contribution in [3.05, 3.63) is 69.2 Å². The van der Waals surface area contributed by atoms with Crippen LogP contribution in [0, 0.1) is 17.2 Å². The molecule has 0 saturated heterocycles. The third kappa shape index (κ3) is 6.20. The Hall–Kier alpha value is -3.48. The lowest BCUT2D eigenvalue weighted by atomic mass is 9.78. The maximum Gasteiger partial charge on any atom is 0.319 e. The Morgan fingerprint density at radius 1 is 1.19 bits per heavy atom. The van der Waals surface area contributed by atoms with Crippen LogP contribution in [-0.4, -0.2) is 37.3 Å². The van der Waals surface area contributed by atoms with Crippen molar-refractivity contribution in [1.82, 2.24) is 5.32 Å². The highest BCUT2D eigenvalue weighted by Gasteiger charge is 2.44. The molecule has 0 aromatic heterocycles. The molecule has 2 N–H and O–H groups in total. The van der Waals surface area contributed by atoms with Gasteiger partial charge in [0.15, 0.2) is 0 Å². The predicted octanol–water partition coefficient (Wildman–Crippen LogP) is 4.41. The van der Waals surface area contributed by atoms with Gasteiger partial charge in [0.05, 0.1) is 41.2 Å². The van der Waals surface area contributed by atoms with Gasteiger partial charge in [-0.05, 0) is 48.7 Å². The van der Waals surface area contributed by atoms with Crippen LogP contribution in [-0.2, 0) is 25.5 Å². The van der Waals surface area contributed by atoms with Gasteiger partial charge in [-0.1, -0.05) is 48.5 Å². The van der Waals surface area contributed by atoms with Crippen molar-refractivity contribution in [2.75, 3.05) is 24.8 Å². The number of halogens is 1. The van der Waals surface area contributed by atoms with Crippen molar-refractivity contribution in [3.8, 4) is 11.8 Å². The van der Waals surface area contributed by atoms with Crippen LogP contribution in [0.15, 0.2) is 53.1 Å². The lowest BCUT2D eigenvalue weighted by Gasteiger charge is -2.31. The summed E-state index contributed by atoms with van der Waals surface area (Å²) < 4.78 is 10.3. The first-order chi connectivity index (χ1) is 17.3. The van der Waals surface area contributed by atoms with Gasteiger partial charge in [0.2, 0.25) is 11.8 Å². The average molecular weight is 528 g/mol. The van der Waals surface area contributed by atoms with E-state index in [9.17, 15) is 19.6 Å². The fraction of sp³-hybridized carbons (Fsp3) is 0.308. The molecule has 0 spiro atoms. The van der Waals surface area contributed by atoms with E-state index in [1.807, 2.05) is 38.1 Å². The Bertz CT molecular complexity index is 1220. The van der Waals surface area contributed by atoms with E-state index in [4.69, 9.17) is 21.1 Å². The topological polar surface area (TPSA) is 118 Å². The monoisotopic (exact) mass is 527 g/mol. The summed E-state index contributed by atoms with van der Waals surface area (Å²) in [5.74, 6) is -3.58. The van der Waals surface area contributed by atoms with Gasteiger partial charge in [-0.15, -0.1) is 0 Å². The molecule has 2 aromatic rings. The highest BCUT2D eigenvalue weighted by atomic mass is 35.5. The van der Waals surface area contributed by atoms with Crippen molar-refractivity contribution < 1.29 is 23.9 Å². The standard InChI is InChI=1S/C26H26ClN3O5S/c1-4-15-6-9-17(10-7-15)29-21(31)14-36-25-18(13-28)22(23(24(32)30-25)26(33)34-3)16-8-11-20(35-5-2)19(27)12-16/h6-12,22-23H,4-5,14H2,1-3H3,(H,29,31)(H,30,32)/t22-,23+/m0/s1. The van der Waals surface area contributed by atoms with Gasteiger partial charge in [0, 0.05) is 11.6 Å². The molecule has 8 nitrogen and oxygen atoms in total. The zero-order valence-corrected chi connectivity index (χ0v) is 21.7. The van der Waals surface area contributed by atoms with E-state index >= 15 is 0 Å². The van der Waals surface area contributed by atoms with Crippen LogP contribution in [0.25, 0.3) is 0 Å². The minimum atomic E-state index is -1.30. The van der Waals surface area contributed by atoms with Crippen molar-refractivity contribution >= 4 is 46.8 Å². The van der Waals surface area contributed by atoms with E-state index in [0.29, 0.717) is 23.6 Å². The molecule has 0 aliphatic carbocycles. The number of carbonyl (C=O) groups excluding carboxylic acids is 3. The van der Waals surface area contributed by atoms with Gasteiger partial charge >= 0.3 is 5.97 Å². The zero-order valence-electron chi connectivity index (χ0n) is 20.1. The van der Waals surface area contributed by atoms with E-state index < -0.39 is 23.7 Å². The van der Waals surface area contributed by atoms with Crippen molar-refractivity contribution in [3.63, 3.8) is 0 Å². The van der Waals surface area contributed by atoms with Crippen LogP contribution in [0.5, 0.6) is 5.75 Å². The number of anilines is 1. The van der Waals surface area contributed by atoms with E-state index in [1.165, 1.54) is 7.11 Å². The number of nitriles is 1. The second kappa shape index (κ2) is 12.5. The summed E-state index contributed by atoms with van der Waals surface area (Å²) in [6, 6.07) is 14.4. The SMILES string of the molecule is CCOc1ccc([C@H]2C(C#N)=C(SCC(=O)Nc3ccc(CC)cc3)NC(=O)[C@@H]2C(=O)OC)cc1Cl. The van der Waals surface area contributed by atoms with Crippen molar-refractivity contribution in [1.29, 1.82) is 5.26 Å². The van der Waals surface area contributed by atoms with Crippen LogP contribution in [0.4, 0.5) is 5.69 Å². The van der Waals surface area contributed by atoms with E-state index in [-0.39, 0.29) is 27.3 Å². The van der Waals surface area contributed by atoms with Crippen LogP contribution >= 0.6 is 23.4 Å². The summed E-state index contributed by atoms with van der Waals surface area (Å²) in [5, 5.41) is 15.9. The molecule has 0 fully saturated rings. The third-order valence-corrected chi connectivity index (χ3v) is 6.90. The quantitative estimate of drug-likeness (QED) is 0.366. The summed E-state index contributed by atoms with van der Waals surface area (Å²) in [7, 11) is 1.18. The number of aryl methyl sites for hydroxylation is 1. The van der Waals surface area contributed by atoms with E-state index in [2.05, 4.69) is 16.7 Å². The largest absolute Gasteiger partial charge is 0.492 e. The Labute approximate surface area is 219 Å². The molecule has 3 rings (SSSR count). The maximum atomic E-state index is 13.0. The molecule has 1 aliphatic heterocycles. The number of methoxy groups -OCH3 is 1. The summed E-state index contributed by atoms with van der Waals surface area (Å²) in [5.41, 5.74) is 2.41. The molecular weight excluding hydrogens is 502 g/mol. The van der Waals surface area contributed by atoms with Gasteiger partial charge in [-0.2, -0.15) is 5.26 Å². The number of hydrogen-bond donors (Lipinski definition) is 2. The first-order valence-electron chi connectivity index (χ1n) is 11.3. The molecule has 2 aromatic carbocycles. The second-order valence-electron chi connectivity index (χ2n) is 7.83. The summed E-state index contributed by atoms with van der Waals surface area (Å²) in [6.07, 6.45) is 0.891. The number of ether oxygens (including phenoxy) is 2. The summed E-state index contributed by atoms with van der Waals surface area (Å²) in [4.78, 5) is 38.1. The first kappa shape index (κ1) is 27.1. The number of esters is 1. The molecule has 188 valence electrons. The zero-order chi connectivity index (χ0) is 26.2. The molecule has 1 aliphatic rings. The normalized spacial score (nSPS) is 17.1. The Balaban J connectivity index is 1.89. The lowest BCUT2D eigenvalue weighted by Crippen LogP contribution is -2.44. The number of allylic oxidation sites excluding steroid dienone is 1. The number of nitrogens with zero attached hydrogens (tertiary/aromatic N) is 1. The fourth-order valence-electron chi connectivity index (χ4n) is 3.82. The minimum Gasteiger partial charge on any atom is -0.492 e. The van der Waals surface area contributed by atoms with Crippen molar-refractivity contribution in [2.45, 2.75) is 26.2 Å². The molecule has 1 heterocycles.